The maximum absolute atomic E-state index is 13.1. The van der Waals surface area contributed by atoms with Crippen molar-refractivity contribution in [2.24, 2.45) is 5.41 Å². The van der Waals surface area contributed by atoms with Gasteiger partial charge in [0.1, 0.15) is 5.83 Å². The van der Waals surface area contributed by atoms with Crippen LogP contribution in [0.4, 0.5) is 26.3 Å². The van der Waals surface area contributed by atoms with Gasteiger partial charge in [-0.2, -0.15) is 13.2 Å². The minimum Gasteiger partial charge on any atom is -0.479 e. The Labute approximate surface area is 114 Å². The average molecular weight is 317 g/mol. The highest BCUT2D eigenvalue weighted by Gasteiger charge is 2.74. The molecule has 1 aliphatic carbocycles. The lowest BCUT2D eigenvalue weighted by Crippen LogP contribution is -2.64. The lowest BCUT2D eigenvalue weighted by molar-refractivity contribution is -0.299. The fourth-order valence-corrected chi connectivity index (χ4v) is 2.56. The van der Waals surface area contributed by atoms with Crippen LogP contribution < -0.4 is 0 Å². The van der Waals surface area contributed by atoms with E-state index in [9.17, 15) is 35.9 Å². The largest absolute Gasteiger partial charge is 0.479 e. The zero-order valence-electron chi connectivity index (χ0n) is 10.3. The number of carbonyl (C=O) groups excluding carboxylic acids is 1. The fourth-order valence-electron chi connectivity index (χ4n) is 2.56. The number of alkyl halides is 5. The zero-order chi connectivity index (χ0) is 16.2. The van der Waals surface area contributed by atoms with E-state index in [2.05, 4.69) is 0 Å². The van der Waals surface area contributed by atoms with Crippen molar-refractivity contribution >= 4 is 11.9 Å². The van der Waals surface area contributed by atoms with E-state index in [4.69, 9.17) is 5.11 Å². The van der Waals surface area contributed by atoms with Crippen molar-refractivity contribution in [2.45, 2.75) is 31.0 Å². The molecule has 118 valence electrons. The molecule has 0 aromatic carbocycles. The summed E-state index contributed by atoms with van der Waals surface area (Å²) >= 11 is 0. The second kappa shape index (κ2) is 4.38. The van der Waals surface area contributed by atoms with Crippen LogP contribution in [0.3, 0.4) is 0 Å². The summed E-state index contributed by atoms with van der Waals surface area (Å²) in [5.41, 5.74) is -3.36. The van der Waals surface area contributed by atoms with E-state index >= 15 is 0 Å². The summed E-state index contributed by atoms with van der Waals surface area (Å²) in [6.45, 7) is -0.973. The molecule has 0 aromatic rings. The molecule has 1 saturated carbocycles. The van der Waals surface area contributed by atoms with E-state index in [-0.39, 0.29) is 4.90 Å². The number of hydrogen-bond donors (Lipinski definition) is 1. The molecular weight excluding hydrogens is 308 g/mol. The summed E-state index contributed by atoms with van der Waals surface area (Å²) in [5.74, 6) is -8.33. The van der Waals surface area contributed by atoms with Crippen molar-refractivity contribution in [1.82, 2.24) is 4.90 Å². The summed E-state index contributed by atoms with van der Waals surface area (Å²) in [7, 11) is 0. The van der Waals surface area contributed by atoms with Crippen molar-refractivity contribution in [3.8, 4) is 0 Å². The summed E-state index contributed by atoms with van der Waals surface area (Å²) in [5, 5.41) is 8.78. The molecule has 0 bridgehead atoms. The molecule has 1 amide bonds. The molecule has 0 unspecified atom stereocenters. The van der Waals surface area contributed by atoms with E-state index in [1.807, 2.05) is 0 Å². The van der Waals surface area contributed by atoms with Crippen molar-refractivity contribution in [1.29, 1.82) is 0 Å². The van der Waals surface area contributed by atoms with Gasteiger partial charge in [-0.05, 0) is 6.08 Å². The first-order chi connectivity index (χ1) is 9.40. The number of halogens is 6. The van der Waals surface area contributed by atoms with Gasteiger partial charge in [0, 0.05) is 12.8 Å². The van der Waals surface area contributed by atoms with Gasteiger partial charge >= 0.3 is 12.1 Å². The maximum Gasteiger partial charge on any atom is 0.403 e. The van der Waals surface area contributed by atoms with Crippen LogP contribution in [-0.2, 0) is 9.59 Å². The first-order valence-electron chi connectivity index (χ1n) is 5.74. The Bertz CT molecular complexity index is 519. The Balaban J connectivity index is 2.32. The summed E-state index contributed by atoms with van der Waals surface area (Å²) < 4.78 is 77.8. The molecule has 0 spiro atoms. The molecule has 0 saturated heterocycles. The third-order valence-electron chi connectivity index (χ3n) is 3.58. The summed E-state index contributed by atoms with van der Waals surface area (Å²) in [6.07, 6.45) is -8.31. The first kappa shape index (κ1) is 15.6. The Kier molecular flexibility index (Phi) is 3.26. The molecule has 1 heterocycles. The fraction of sp³-hybridized carbons (Fsp3) is 0.636. The van der Waals surface area contributed by atoms with Gasteiger partial charge in [-0.3, -0.25) is 4.79 Å². The van der Waals surface area contributed by atoms with Gasteiger partial charge in [0.15, 0.2) is 11.5 Å². The smallest absolute Gasteiger partial charge is 0.403 e. The molecule has 1 aliphatic heterocycles. The quantitative estimate of drug-likeness (QED) is 0.794. The van der Waals surface area contributed by atoms with Crippen LogP contribution in [0.1, 0.15) is 12.8 Å². The van der Waals surface area contributed by atoms with Gasteiger partial charge in [-0.15, -0.1) is 0 Å². The SMILES string of the molecule is O=C(O)[C@@H]1C=C(F)CN1C(=O)C1(C(F)(F)F)CC(F)(F)C1. The molecule has 21 heavy (non-hydrogen) atoms. The molecule has 1 N–H and O–H groups in total. The summed E-state index contributed by atoms with van der Waals surface area (Å²) in [4.78, 5) is 22.9. The molecule has 4 nitrogen and oxygen atoms in total. The van der Waals surface area contributed by atoms with Crippen LogP contribution in [0.5, 0.6) is 0 Å². The predicted octanol–water partition coefficient (Wildman–Crippen LogP) is 2.11. The Hall–Kier alpha value is -1.74. The minimum absolute atomic E-state index is 0.125. The van der Waals surface area contributed by atoms with Crippen molar-refractivity contribution < 1.29 is 41.0 Å². The predicted molar refractivity (Wildman–Crippen MR) is 55.0 cm³/mol. The number of aliphatic carboxylic acids is 1. The van der Waals surface area contributed by atoms with Gasteiger partial charge in [-0.25, -0.2) is 18.0 Å². The third kappa shape index (κ3) is 2.36. The minimum atomic E-state index is -5.27. The number of rotatable bonds is 2. The van der Waals surface area contributed by atoms with Crippen LogP contribution in [0.2, 0.25) is 0 Å². The van der Waals surface area contributed by atoms with Gasteiger partial charge in [0.25, 0.3) is 5.92 Å². The molecule has 2 aliphatic rings. The Morgan fingerprint density at radius 2 is 1.81 bits per heavy atom. The highest BCUT2D eigenvalue weighted by atomic mass is 19.4. The molecule has 0 aromatic heterocycles. The lowest BCUT2D eigenvalue weighted by atomic mass is 9.64. The van der Waals surface area contributed by atoms with E-state index in [1.54, 1.807) is 0 Å². The third-order valence-corrected chi connectivity index (χ3v) is 3.58. The molecule has 2 rings (SSSR count). The Morgan fingerprint density at radius 1 is 1.29 bits per heavy atom. The van der Waals surface area contributed by atoms with Crippen molar-refractivity contribution in [2.75, 3.05) is 6.54 Å². The zero-order valence-corrected chi connectivity index (χ0v) is 10.3. The number of carboxylic acid groups (broad SMARTS) is 1. The van der Waals surface area contributed by atoms with Crippen LogP contribution in [0.15, 0.2) is 11.9 Å². The second-order valence-corrected chi connectivity index (χ2v) is 5.12. The van der Waals surface area contributed by atoms with E-state index in [0.29, 0.717) is 6.08 Å². The molecule has 10 heteroatoms. The van der Waals surface area contributed by atoms with Gasteiger partial charge < -0.3 is 10.0 Å². The van der Waals surface area contributed by atoms with Gasteiger partial charge in [-0.1, -0.05) is 0 Å². The summed E-state index contributed by atoms with van der Waals surface area (Å²) in [6, 6.07) is -1.93. The van der Waals surface area contributed by atoms with Crippen LogP contribution in [-0.4, -0.2) is 46.6 Å². The van der Waals surface area contributed by atoms with Crippen LogP contribution >= 0.6 is 0 Å². The number of hydrogen-bond acceptors (Lipinski definition) is 2. The average Bonchev–Trinajstić information content (AvgIpc) is 2.65. The molecular formula is C11H9F6NO3. The molecule has 0 radical (unpaired) electrons. The molecule has 1 fully saturated rings. The van der Waals surface area contributed by atoms with Crippen molar-refractivity contribution in [3.05, 3.63) is 11.9 Å². The highest BCUT2D eigenvalue weighted by Crippen LogP contribution is 2.61. The number of carboxylic acids is 1. The highest BCUT2D eigenvalue weighted by molar-refractivity contribution is 5.91. The van der Waals surface area contributed by atoms with E-state index in [0.717, 1.165) is 0 Å². The normalized spacial score (nSPS) is 27.0. The lowest BCUT2D eigenvalue weighted by Gasteiger charge is -2.48. The van der Waals surface area contributed by atoms with Crippen molar-refractivity contribution in [3.63, 3.8) is 0 Å². The monoisotopic (exact) mass is 317 g/mol. The second-order valence-electron chi connectivity index (χ2n) is 5.12. The van der Waals surface area contributed by atoms with E-state index < -0.39 is 60.6 Å². The Morgan fingerprint density at radius 3 is 2.19 bits per heavy atom. The van der Waals surface area contributed by atoms with Crippen LogP contribution in [0, 0.1) is 5.41 Å². The van der Waals surface area contributed by atoms with Crippen LogP contribution in [0.25, 0.3) is 0 Å². The number of nitrogens with zero attached hydrogens (tertiary/aromatic N) is 1. The van der Waals surface area contributed by atoms with E-state index in [1.165, 1.54) is 0 Å². The number of amides is 1. The standard InChI is InChI=1S/C11H9F6NO3/c12-5-1-6(7(19)20)18(2-5)8(21)9(11(15,16)17)3-10(13,14)4-9/h1,6H,2-4H2,(H,19,20)/t6-/m0/s1. The van der Waals surface area contributed by atoms with Gasteiger partial charge in [0.05, 0.1) is 6.54 Å². The number of carbonyl (C=O) groups is 2. The maximum atomic E-state index is 13.1. The topological polar surface area (TPSA) is 57.6 Å². The molecule has 1 atom stereocenters. The first-order valence-corrected chi connectivity index (χ1v) is 5.74. The van der Waals surface area contributed by atoms with Gasteiger partial charge in [0.2, 0.25) is 5.91 Å².